The quantitative estimate of drug-likeness (QED) is 0.786. The van der Waals surface area contributed by atoms with Gasteiger partial charge in [0.25, 0.3) is 0 Å². The first kappa shape index (κ1) is 13.2. The van der Waals surface area contributed by atoms with Crippen molar-refractivity contribution in [3.05, 3.63) is 17.3 Å². The first-order valence-corrected chi connectivity index (χ1v) is 5.50. The second-order valence-electron chi connectivity index (χ2n) is 4.41. The molecule has 0 bridgehead atoms. The molecule has 0 radical (unpaired) electrons. The fourth-order valence-corrected chi connectivity index (χ4v) is 2.30. The molecule has 1 saturated heterocycles. The van der Waals surface area contributed by atoms with Gasteiger partial charge in [0.1, 0.15) is 5.82 Å². The second kappa shape index (κ2) is 5.46. The van der Waals surface area contributed by atoms with E-state index in [-0.39, 0.29) is 12.4 Å². The van der Waals surface area contributed by atoms with Crippen molar-refractivity contribution < 1.29 is 0 Å². The maximum absolute atomic E-state index is 5.60. The van der Waals surface area contributed by atoms with Crippen LogP contribution in [0.2, 0.25) is 0 Å². The highest BCUT2D eigenvalue weighted by Gasteiger charge is 2.22. The lowest BCUT2D eigenvalue weighted by Crippen LogP contribution is -2.35. The molecular weight excluding hydrogens is 224 g/mol. The topological polar surface area (TPSA) is 63.8 Å². The van der Waals surface area contributed by atoms with Crippen LogP contribution in [0.5, 0.6) is 0 Å². The van der Waals surface area contributed by atoms with E-state index in [0.29, 0.717) is 17.8 Å². The van der Waals surface area contributed by atoms with Crippen molar-refractivity contribution in [3.8, 4) is 0 Å². The van der Waals surface area contributed by atoms with Crippen molar-refractivity contribution >= 4 is 18.2 Å². The molecule has 0 spiro atoms. The first-order chi connectivity index (χ1) is 7.16. The Kier molecular flexibility index (Phi) is 4.50. The third-order valence-electron chi connectivity index (χ3n) is 3.05. The molecule has 2 atom stereocenters. The van der Waals surface area contributed by atoms with Crippen LogP contribution in [-0.4, -0.2) is 22.8 Å². The molecule has 3 N–H and O–H groups in total. The summed E-state index contributed by atoms with van der Waals surface area (Å²) in [5.41, 5.74) is 7.89. The minimum atomic E-state index is 0. The fourth-order valence-electron chi connectivity index (χ4n) is 2.30. The van der Waals surface area contributed by atoms with Crippen LogP contribution in [0, 0.1) is 6.92 Å². The summed E-state index contributed by atoms with van der Waals surface area (Å²) in [4.78, 5) is 0. The maximum atomic E-state index is 5.60. The molecule has 0 saturated carbocycles. The van der Waals surface area contributed by atoms with Crippen LogP contribution in [0.15, 0.2) is 6.07 Å². The lowest BCUT2D eigenvalue weighted by atomic mass is 9.88. The normalized spacial score (nSPS) is 24.9. The number of nitrogens with zero attached hydrogens (tertiary/aromatic N) is 2. The minimum absolute atomic E-state index is 0. The summed E-state index contributed by atoms with van der Waals surface area (Å²) in [6, 6.07) is 2.48. The van der Waals surface area contributed by atoms with Gasteiger partial charge in [-0.2, -0.15) is 5.10 Å². The monoisotopic (exact) mass is 242 g/mol. The average molecular weight is 243 g/mol. The van der Waals surface area contributed by atoms with Crippen molar-refractivity contribution in [1.82, 2.24) is 15.5 Å². The highest BCUT2D eigenvalue weighted by molar-refractivity contribution is 5.85. The fraction of sp³-hybridized carbons (Fsp3) is 0.636. The molecule has 1 aromatic rings. The van der Waals surface area contributed by atoms with Gasteiger partial charge in [-0.15, -0.1) is 17.5 Å². The molecule has 1 aromatic heterocycles. The number of hydrogen-bond acceptors (Lipinski definition) is 4. The van der Waals surface area contributed by atoms with Gasteiger partial charge >= 0.3 is 0 Å². The van der Waals surface area contributed by atoms with Crippen molar-refractivity contribution in [2.45, 2.75) is 38.6 Å². The molecule has 2 heterocycles. The Morgan fingerprint density at radius 2 is 2.19 bits per heavy atom. The summed E-state index contributed by atoms with van der Waals surface area (Å²) < 4.78 is 0. The number of anilines is 1. The van der Waals surface area contributed by atoms with Crippen LogP contribution in [0.3, 0.4) is 0 Å². The summed E-state index contributed by atoms with van der Waals surface area (Å²) in [5, 5.41) is 11.6. The molecule has 16 heavy (non-hydrogen) atoms. The van der Waals surface area contributed by atoms with Crippen LogP contribution in [0.1, 0.15) is 36.9 Å². The number of nitrogens with two attached hydrogens (primary N) is 1. The summed E-state index contributed by atoms with van der Waals surface area (Å²) in [6.07, 6.45) is 2.28. The third-order valence-corrected chi connectivity index (χ3v) is 3.05. The van der Waals surface area contributed by atoms with Gasteiger partial charge in [0.15, 0.2) is 0 Å². The summed E-state index contributed by atoms with van der Waals surface area (Å²) >= 11 is 0. The first-order valence-electron chi connectivity index (χ1n) is 5.50. The van der Waals surface area contributed by atoms with Gasteiger partial charge < -0.3 is 11.1 Å². The van der Waals surface area contributed by atoms with E-state index in [0.717, 1.165) is 25.1 Å². The summed E-state index contributed by atoms with van der Waals surface area (Å²) in [7, 11) is 0. The van der Waals surface area contributed by atoms with Gasteiger partial charge in [-0.25, -0.2) is 0 Å². The van der Waals surface area contributed by atoms with Crippen LogP contribution in [0.4, 0.5) is 5.82 Å². The highest BCUT2D eigenvalue weighted by atomic mass is 35.5. The minimum Gasteiger partial charge on any atom is -0.382 e. The lowest BCUT2D eigenvalue weighted by Gasteiger charge is -2.28. The van der Waals surface area contributed by atoms with Crippen molar-refractivity contribution in [2.24, 2.45) is 0 Å². The lowest BCUT2D eigenvalue weighted by molar-refractivity contribution is 0.374. The highest BCUT2D eigenvalue weighted by Crippen LogP contribution is 2.28. The Balaban J connectivity index is 0.00000128. The Morgan fingerprint density at radius 3 is 2.81 bits per heavy atom. The average Bonchev–Trinajstić information content (AvgIpc) is 2.17. The van der Waals surface area contributed by atoms with E-state index in [1.807, 2.05) is 6.07 Å². The molecule has 0 aliphatic carbocycles. The van der Waals surface area contributed by atoms with Crippen LogP contribution in [-0.2, 0) is 0 Å². The smallest absolute Gasteiger partial charge is 0.146 e. The Bertz CT molecular complexity index is 356. The second-order valence-corrected chi connectivity index (χ2v) is 4.41. The van der Waals surface area contributed by atoms with Gasteiger partial charge in [-0.3, -0.25) is 0 Å². The van der Waals surface area contributed by atoms with Crippen molar-refractivity contribution in [1.29, 1.82) is 0 Å². The summed E-state index contributed by atoms with van der Waals surface area (Å²) in [5.74, 6) is 1.05. The third kappa shape index (κ3) is 2.83. The molecule has 0 aromatic carbocycles. The number of nitrogen functional groups attached to an aromatic ring is 1. The van der Waals surface area contributed by atoms with E-state index in [1.165, 1.54) is 5.56 Å². The zero-order valence-electron chi connectivity index (χ0n) is 9.73. The molecule has 2 rings (SSSR count). The molecule has 0 amide bonds. The van der Waals surface area contributed by atoms with E-state index >= 15 is 0 Å². The summed E-state index contributed by atoms with van der Waals surface area (Å²) in [6.45, 7) is 5.34. The number of halogens is 1. The molecule has 90 valence electrons. The number of piperidine rings is 1. The zero-order chi connectivity index (χ0) is 10.8. The number of rotatable bonds is 1. The SMILES string of the molecule is Cc1cc(N)nnc1C1CCNC(C)C1.Cl. The Labute approximate surface area is 102 Å². The molecular formula is C11H19ClN4. The van der Waals surface area contributed by atoms with Gasteiger partial charge in [0.05, 0.1) is 5.69 Å². The maximum Gasteiger partial charge on any atom is 0.146 e. The van der Waals surface area contributed by atoms with E-state index in [9.17, 15) is 0 Å². The molecule has 1 aliphatic heterocycles. The van der Waals surface area contributed by atoms with Crippen molar-refractivity contribution in [2.75, 3.05) is 12.3 Å². The van der Waals surface area contributed by atoms with Gasteiger partial charge in [0, 0.05) is 12.0 Å². The molecule has 4 nitrogen and oxygen atoms in total. The van der Waals surface area contributed by atoms with Gasteiger partial charge in [-0.05, 0) is 44.9 Å². The van der Waals surface area contributed by atoms with E-state index < -0.39 is 0 Å². The van der Waals surface area contributed by atoms with Crippen LogP contribution < -0.4 is 11.1 Å². The Morgan fingerprint density at radius 1 is 1.44 bits per heavy atom. The molecule has 2 unspecified atom stereocenters. The predicted molar refractivity (Wildman–Crippen MR) is 67.9 cm³/mol. The van der Waals surface area contributed by atoms with E-state index in [1.54, 1.807) is 0 Å². The number of nitrogens with one attached hydrogen (secondary N) is 1. The number of hydrogen-bond donors (Lipinski definition) is 2. The van der Waals surface area contributed by atoms with E-state index in [4.69, 9.17) is 5.73 Å². The largest absolute Gasteiger partial charge is 0.382 e. The zero-order valence-corrected chi connectivity index (χ0v) is 10.5. The van der Waals surface area contributed by atoms with Gasteiger partial charge in [-0.1, -0.05) is 0 Å². The predicted octanol–water partition coefficient (Wildman–Crippen LogP) is 1.64. The number of aromatic nitrogens is 2. The van der Waals surface area contributed by atoms with E-state index in [2.05, 4.69) is 29.4 Å². The standard InChI is InChI=1S/C11H18N4.ClH/c1-7-5-10(12)14-15-11(7)9-3-4-13-8(2)6-9;/h5,8-9,13H,3-4,6H2,1-2H3,(H2,12,14);1H. The Hall–Kier alpha value is -0.870. The molecule has 5 heteroatoms. The molecule has 1 fully saturated rings. The molecule has 1 aliphatic rings. The van der Waals surface area contributed by atoms with Crippen molar-refractivity contribution in [3.63, 3.8) is 0 Å². The number of aryl methyl sites for hydroxylation is 1. The van der Waals surface area contributed by atoms with Gasteiger partial charge in [0.2, 0.25) is 0 Å². The van der Waals surface area contributed by atoms with Crippen LogP contribution >= 0.6 is 12.4 Å². The van der Waals surface area contributed by atoms with Crippen LogP contribution in [0.25, 0.3) is 0 Å².